The smallest absolute Gasteiger partial charge is 0.119 e. The Morgan fingerprint density at radius 2 is 1.72 bits per heavy atom. The number of anilines is 1. The quantitative estimate of drug-likeness (QED) is 0.755. The molecule has 90 valence electrons. The minimum Gasteiger partial charge on any atom is -0.497 e. The van der Waals surface area contributed by atoms with Gasteiger partial charge in [-0.05, 0) is 36.4 Å². The van der Waals surface area contributed by atoms with Gasteiger partial charge in [-0.1, -0.05) is 18.2 Å². The Bertz CT molecular complexity index is 656. The van der Waals surface area contributed by atoms with E-state index < -0.39 is 0 Å². The van der Waals surface area contributed by atoms with Crippen molar-refractivity contribution in [2.75, 3.05) is 12.5 Å². The molecule has 0 radical (unpaired) electrons. The SMILES string of the molecule is COc1ccc(Nn2ccc3ccccc32)cc1. The Hall–Kier alpha value is -2.42. The summed E-state index contributed by atoms with van der Waals surface area (Å²) in [5.41, 5.74) is 5.52. The van der Waals surface area contributed by atoms with Gasteiger partial charge in [-0.2, -0.15) is 0 Å². The van der Waals surface area contributed by atoms with E-state index in [1.165, 1.54) is 5.39 Å². The first-order valence-corrected chi connectivity index (χ1v) is 5.84. The van der Waals surface area contributed by atoms with Gasteiger partial charge in [0.1, 0.15) is 5.75 Å². The Labute approximate surface area is 106 Å². The molecule has 0 saturated carbocycles. The van der Waals surface area contributed by atoms with Crippen molar-refractivity contribution in [3.8, 4) is 5.75 Å². The zero-order valence-electron chi connectivity index (χ0n) is 10.1. The van der Waals surface area contributed by atoms with E-state index in [9.17, 15) is 0 Å². The highest BCUT2D eigenvalue weighted by atomic mass is 16.5. The molecular weight excluding hydrogens is 224 g/mol. The molecule has 1 aromatic heterocycles. The topological polar surface area (TPSA) is 26.2 Å². The Kier molecular flexibility index (Phi) is 2.65. The van der Waals surface area contributed by atoms with E-state index in [1.54, 1.807) is 7.11 Å². The minimum atomic E-state index is 0.859. The first kappa shape index (κ1) is 10.7. The molecule has 0 spiro atoms. The highest BCUT2D eigenvalue weighted by molar-refractivity contribution is 5.80. The third kappa shape index (κ3) is 1.91. The van der Waals surface area contributed by atoms with Gasteiger partial charge in [0.05, 0.1) is 18.3 Å². The van der Waals surface area contributed by atoms with E-state index >= 15 is 0 Å². The lowest BCUT2D eigenvalue weighted by Crippen LogP contribution is -2.06. The lowest BCUT2D eigenvalue weighted by molar-refractivity contribution is 0.415. The van der Waals surface area contributed by atoms with Gasteiger partial charge in [0.25, 0.3) is 0 Å². The number of aromatic nitrogens is 1. The number of para-hydroxylation sites is 1. The molecule has 1 heterocycles. The van der Waals surface area contributed by atoms with Gasteiger partial charge in [0.2, 0.25) is 0 Å². The van der Waals surface area contributed by atoms with Crippen LogP contribution >= 0.6 is 0 Å². The lowest BCUT2D eigenvalue weighted by Gasteiger charge is -2.09. The van der Waals surface area contributed by atoms with E-state index in [1.807, 2.05) is 47.3 Å². The van der Waals surface area contributed by atoms with Crippen LogP contribution in [0.25, 0.3) is 10.9 Å². The van der Waals surface area contributed by atoms with E-state index in [0.717, 1.165) is 17.0 Å². The molecule has 0 amide bonds. The molecule has 3 rings (SSSR count). The molecule has 0 unspecified atom stereocenters. The summed E-state index contributed by atoms with van der Waals surface area (Å²) in [6.07, 6.45) is 2.02. The largest absolute Gasteiger partial charge is 0.497 e. The zero-order valence-corrected chi connectivity index (χ0v) is 10.1. The van der Waals surface area contributed by atoms with Crippen molar-refractivity contribution >= 4 is 16.6 Å². The second-order valence-electron chi connectivity index (χ2n) is 4.08. The second-order valence-corrected chi connectivity index (χ2v) is 4.08. The number of hydrogen-bond donors (Lipinski definition) is 1. The van der Waals surface area contributed by atoms with E-state index in [-0.39, 0.29) is 0 Å². The summed E-state index contributed by atoms with van der Waals surface area (Å²) < 4.78 is 7.15. The zero-order chi connectivity index (χ0) is 12.4. The van der Waals surface area contributed by atoms with Crippen molar-refractivity contribution < 1.29 is 4.74 Å². The van der Waals surface area contributed by atoms with Crippen LogP contribution in [0.3, 0.4) is 0 Å². The van der Waals surface area contributed by atoms with Crippen LogP contribution in [0, 0.1) is 0 Å². The highest BCUT2D eigenvalue weighted by Crippen LogP contribution is 2.18. The van der Waals surface area contributed by atoms with E-state index in [0.29, 0.717) is 0 Å². The fraction of sp³-hybridized carbons (Fsp3) is 0.0667. The summed E-state index contributed by atoms with van der Waals surface area (Å²) in [7, 11) is 1.67. The Morgan fingerprint density at radius 3 is 2.50 bits per heavy atom. The summed E-state index contributed by atoms with van der Waals surface area (Å²) in [6, 6.07) is 18.2. The number of nitrogens with zero attached hydrogens (tertiary/aromatic N) is 1. The predicted molar refractivity (Wildman–Crippen MR) is 74.0 cm³/mol. The molecule has 0 saturated heterocycles. The molecule has 3 aromatic rings. The fourth-order valence-electron chi connectivity index (χ4n) is 1.99. The van der Waals surface area contributed by atoms with Crippen molar-refractivity contribution in [1.29, 1.82) is 0 Å². The van der Waals surface area contributed by atoms with Crippen LogP contribution in [0.1, 0.15) is 0 Å². The van der Waals surface area contributed by atoms with Crippen LogP contribution in [-0.2, 0) is 0 Å². The van der Waals surface area contributed by atoms with Crippen molar-refractivity contribution in [3.05, 3.63) is 60.8 Å². The van der Waals surface area contributed by atoms with Crippen LogP contribution in [0.2, 0.25) is 0 Å². The van der Waals surface area contributed by atoms with Crippen LogP contribution in [0.5, 0.6) is 5.75 Å². The van der Waals surface area contributed by atoms with E-state index in [4.69, 9.17) is 4.74 Å². The minimum absolute atomic E-state index is 0.859. The molecule has 0 fully saturated rings. The summed E-state index contributed by atoms with van der Waals surface area (Å²) in [4.78, 5) is 0. The molecule has 0 bridgehead atoms. The fourth-order valence-corrected chi connectivity index (χ4v) is 1.99. The number of nitrogens with one attached hydrogen (secondary N) is 1. The van der Waals surface area contributed by atoms with Crippen molar-refractivity contribution in [2.24, 2.45) is 0 Å². The molecule has 2 aromatic carbocycles. The van der Waals surface area contributed by atoms with Gasteiger partial charge in [0.15, 0.2) is 0 Å². The molecular formula is C15H14N2O. The maximum absolute atomic E-state index is 5.14. The average Bonchev–Trinajstić information content (AvgIpc) is 2.83. The first-order valence-electron chi connectivity index (χ1n) is 5.84. The number of benzene rings is 2. The number of methoxy groups -OCH3 is 1. The Balaban J connectivity index is 1.91. The van der Waals surface area contributed by atoms with Crippen LogP contribution in [0.4, 0.5) is 5.69 Å². The molecule has 0 aliphatic carbocycles. The third-order valence-corrected chi connectivity index (χ3v) is 2.94. The molecule has 3 heteroatoms. The molecule has 3 nitrogen and oxygen atoms in total. The predicted octanol–water partition coefficient (Wildman–Crippen LogP) is 3.53. The van der Waals surface area contributed by atoms with Gasteiger partial charge in [0, 0.05) is 11.6 Å². The number of rotatable bonds is 3. The maximum atomic E-state index is 5.14. The normalized spacial score (nSPS) is 10.5. The molecule has 0 aliphatic heterocycles. The molecule has 0 aliphatic rings. The van der Waals surface area contributed by atoms with Crippen molar-refractivity contribution in [3.63, 3.8) is 0 Å². The first-order chi connectivity index (χ1) is 8.86. The summed E-state index contributed by atoms with van der Waals surface area (Å²) in [5, 5.41) is 1.22. The average molecular weight is 238 g/mol. The Morgan fingerprint density at radius 1 is 0.944 bits per heavy atom. The molecule has 0 atom stereocenters. The number of fused-ring (bicyclic) bond motifs is 1. The summed E-state index contributed by atoms with van der Waals surface area (Å²) in [6.45, 7) is 0. The standard InChI is InChI=1S/C15H14N2O/c1-18-14-8-6-13(7-9-14)16-17-11-10-12-4-2-3-5-15(12)17/h2-11,16H,1H3. The van der Waals surface area contributed by atoms with Crippen LogP contribution in [-0.4, -0.2) is 11.8 Å². The van der Waals surface area contributed by atoms with Crippen molar-refractivity contribution in [1.82, 2.24) is 4.68 Å². The van der Waals surface area contributed by atoms with Gasteiger partial charge in [-0.15, -0.1) is 0 Å². The van der Waals surface area contributed by atoms with Gasteiger partial charge in [-0.3, -0.25) is 10.1 Å². The maximum Gasteiger partial charge on any atom is 0.119 e. The van der Waals surface area contributed by atoms with Crippen LogP contribution < -0.4 is 10.2 Å². The molecule has 1 N–H and O–H groups in total. The van der Waals surface area contributed by atoms with E-state index in [2.05, 4.69) is 23.6 Å². The van der Waals surface area contributed by atoms with Gasteiger partial charge < -0.3 is 4.74 Å². The highest BCUT2D eigenvalue weighted by Gasteiger charge is 2.00. The third-order valence-electron chi connectivity index (χ3n) is 2.94. The van der Waals surface area contributed by atoms with Gasteiger partial charge >= 0.3 is 0 Å². The lowest BCUT2D eigenvalue weighted by atomic mass is 10.2. The number of ether oxygens (including phenoxy) is 1. The molecule has 18 heavy (non-hydrogen) atoms. The second kappa shape index (κ2) is 4.45. The summed E-state index contributed by atoms with van der Waals surface area (Å²) >= 11 is 0. The van der Waals surface area contributed by atoms with Gasteiger partial charge in [-0.25, -0.2) is 0 Å². The monoisotopic (exact) mass is 238 g/mol. The van der Waals surface area contributed by atoms with Crippen LogP contribution in [0.15, 0.2) is 60.8 Å². The van der Waals surface area contributed by atoms with Crippen molar-refractivity contribution in [2.45, 2.75) is 0 Å². The number of hydrogen-bond acceptors (Lipinski definition) is 2. The summed E-state index contributed by atoms with van der Waals surface area (Å²) in [5.74, 6) is 0.859.